The second-order valence-corrected chi connectivity index (χ2v) is 8.38. The summed E-state index contributed by atoms with van der Waals surface area (Å²) in [6.45, 7) is 3.78. The van der Waals surface area contributed by atoms with Gasteiger partial charge in [-0.15, -0.1) is 10.2 Å². The lowest BCUT2D eigenvalue weighted by Crippen LogP contribution is -2.14. The minimum Gasteiger partial charge on any atom is -0.411 e. The van der Waals surface area contributed by atoms with Gasteiger partial charge in [-0.25, -0.2) is 0 Å². The molecule has 4 aromatic rings. The van der Waals surface area contributed by atoms with Crippen molar-refractivity contribution in [2.24, 2.45) is 0 Å². The summed E-state index contributed by atoms with van der Waals surface area (Å²) in [7, 11) is 0. The average Bonchev–Trinajstić information content (AvgIpc) is 3.25. The average molecular weight is 442 g/mol. The smallest absolute Gasteiger partial charge is 0.277 e. The molecule has 0 saturated carbocycles. The zero-order chi connectivity index (χ0) is 19.0. The minimum atomic E-state index is -0.346. The van der Waals surface area contributed by atoms with Crippen molar-refractivity contribution in [3.63, 3.8) is 0 Å². The number of thioether (sulfide) groups is 1. The maximum atomic E-state index is 13.0. The number of hydrogen-bond donors (Lipinski definition) is 1. The number of fused-ring (bicyclic) bond motifs is 1. The molecule has 0 aliphatic carbocycles. The van der Waals surface area contributed by atoms with E-state index in [4.69, 9.17) is 4.42 Å². The highest BCUT2D eigenvalue weighted by Gasteiger charge is 2.24. The van der Waals surface area contributed by atoms with Gasteiger partial charge in [0, 0.05) is 32.2 Å². The Morgan fingerprint density at radius 2 is 1.89 bits per heavy atom. The molecule has 0 aliphatic rings. The van der Waals surface area contributed by atoms with Crippen molar-refractivity contribution >= 4 is 44.4 Å². The van der Waals surface area contributed by atoms with Gasteiger partial charge >= 0.3 is 0 Å². The summed E-state index contributed by atoms with van der Waals surface area (Å²) < 4.78 is 6.71. The Morgan fingerprint density at radius 3 is 2.67 bits per heavy atom. The number of halogens is 1. The Bertz CT molecular complexity index is 1120. The topological polar surface area (TPSA) is 71.8 Å². The van der Waals surface area contributed by atoms with E-state index < -0.39 is 0 Å². The molecule has 5 nitrogen and oxygen atoms in total. The number of rotatable bonds is 5. The number of ketones is 1. The zero-order valence-electron chi connectivity index (χ0n) is 14.7. The second-order valence-electron chi connectivity index (χ2n) is 6.17. The van der Waals surface area contributed by atoms with Crippen LogP contribution in [0, 0.1) is 6.92 Å². The van der Waals surface area contributed by atoms with Crippen LogP contribution in [-0.2, 0) is 0 Å². The van der Waals surface area contributed by atoms with Crippen molar-refractivity contribution in [1.82, 2.24) is 15.2 Å². The van der Waals surface area contributed by atoms with Crippen molar-refractivity contribution in [2.75, 3.05) is 0 Å². The number of Topliss-reactive ketones (excluding diaryl/α,β-unsaturated/α-hetero) is 1. The van der Waals surface area contributed by atoms with Crippen LogP contribution in [0.2, 0.25) is 0 Å². The van der Waals surface area contributed by atoms with Crippen LogP contribution >= 0.6 is 27.7 Å². The molecule has 136 valence electrons. The molecule has 0 spiro atoms. The predicted octanol–water partition coefficient (Wildman–Crippen LogP) is 5.65. The molecule has 1 N–H and O–H groups in total. The lowest BCUT2D eigenvalue weighted by Gasteiger charge is -2.07. The fraction of sp³-hybridized carbons (Fsp3) is 0.150. The third-order valence-electron chi connectivity index (χ3n) is 4.28. The molecule has 27 heavy (non-hydrogen) atoms. The lowest BCUT2D eigenvalue weighted by molar-refractivity contribution is 0.0994. The van der Waals surface area contributed by atoms with Gasteiger partial charge in [0.2, 0.25) is 5.89 Å². The number of aryl methyl sites for hydroxylation is 1. The van der Waals surface area contributed by atoms with Gasteiger partial charge in [-0.05, 0) is 44.2 Å². The number of nitrogens with one attached hydrogen (secondary N) is 1. The number of nitrogens with zero attached hydrogens (tertiary/aromatic N) is 2. The number of carbonyl (C=O) groups is 1. The van der Waals surface area contributed by atoms with Crippen LogP contribution in [-0.4, -0.2) is 26.2 Å². The highest BCUT2D eigenvalue weighted by atomic mass is 79.9. The number of aromatic nitrogens is 3. The van der Waals surface area contributed by atoms with Crippen LogP contribution in [0.3, 0.4) is 0 Å². The van der Waals surface area contributed by atoms with E-state index in [0.717, 1.165) is 32.2 Å². The Morgan fingerprint density at radius 1 is 1.15 bits per heavy atom. The molecule has 0 saturated heterocycles. The summed E-state index contributed by atoms with van der Waals surface area (Å²) in [5, 5.41) is 9.14. The molecule has 0 aliphatic heterocycles. The van der Waals surface area contributed by atoms with E-state index in [1.165, 1.54) is 11.8 Å². The Hall–Kier alpha value is -2.38. The van der Waals surface area contributed by atoms with Crippen molar-refractivity contribution in [2.45, 2.75) is 24.3 Å². The lowest BCUT2D eigenvalue weighted by atomic mass is 10.1. The van der Waals surface area contributed by atoms with Gasteiger partial charge in [0.1, 0.15) is 0 Å². The second kappa shape index (κ2) is 7.32. The van der Waals surface area contributed by atoms with Crippen molar-refractivity contribution in [3.05, 3.63) is 64.3 Å². The molecule has 2 aromatic heterocycles. The first-order chi connectivity index (χ1) is 13.0. The largest absolute Gasteiger partial charge is 0.411 e. The molecule has 0 amide bonds. The van der Waals surface area contributed by atoms with Crippen LogP contribution in [0.4, 0.5) is 0 Å². The first kappa shape index (κ1) is 18.0. The third kappa shape index (κ3) is 3.57. The molecule has 0 fully saturated rings. The van der Waals surface area contributed by atoms with Crippen LogP contribution in [0.1, 0.15) is 23.0 Å². The van der Waals surface area contributed by atoms with Gasteiger partial charge < -0.3 is 9.40 Å². The number of para-hydroxylation sites is 1. The Labute approximate surface area is 168 Å². The fourth-order valence-electron chi connectivity index (χ4n) is 2.97. The first-order valence-corrected chi connectivity index (χ1v) is 10.1. The summed E-state index contributed by atoms with van der Waals surface area (Å²) >= 11 is 4.68. The maximum absolute atomic E-state index is 13.0. The van der Waals surface area contributed by atoms with Gasteiger partial charge in [-0.3, -0.25) is 4.79 Å². The minimum absolute atomic E-state index is 0.0401. The van der Waals surface area contributed by atoms with E-state index in [1.807, 2.05) is 62.4 Å². The molecule has 2 aromatic carbocycles. The summed E-state index contributed by atoms with van der Waals surface area (Å²) in [5.41, 5.74) is 3.39. The molecule has 7 heteroatoms. The Balaban J connectivity index is 1.55. The van der Waals surface area contributed by atoms with Crippen LogP contribution in [0.5, 0.6) is 0 Å². The molecule has 0 bridgehead atoms. The van der Waals surface area contributed by atoms with Crippen LogP contribution < -0.4 is 0 Å². The number of benzene rings is 2. The summed E-state index contributed by atoms with van der Waals surface area (Å²) in [6.07, 6.45) is 0. The number of carbonyl (C=O) groups excluding carboxylic acids is 1. The quantitative estimate of drug-likeness (QED) is 0.319. The van der Waals surface area contributed by atoms with E-state index in [1.54, 1.807) is 0 Å². The van der Waals surface area contributed by atoms with Gasteiger partial charge in [-0.1, -0.05) is 45.9 Å². The molecule has 2 heterocycles. The molecule has 1 atom stereocenters. The van der Waals surface area contributed by atoms with Gasteiger partial charge in [0.05, 0.1) is 5.25 Å². The van der Waals surface area contributed by atoms with E-state index in [0.29, 0.717) is 11.1 Å². The van der Waals surface area contributed by atoms with E-state index >= 15 is 0 Å². The first-order valence-electron chi connectivity index (χ1n) is 8.40. The number of H-pyrrole nitrogens is 1. The van der Waals surface area contributed by atoms with Crippen molar-refractivity contribution < 1.29 is 9.21 Å². The molecular formula is C20H16BrN3O2S. The van der Waals surface area contributed by atoms with E-state index in [9.17, 15) is 4.79 Å². The van der Waals surface area contributed by atoms with Crippen LogP contribution in [0.25, 0.3) is 22.4 Å². The van der Waals surface area contributed by atoms with Crippen molar-refractivity contribution in [3.8, 4) is 11.5 Å². The molecule has 4 rings (SSSR count). The summed E-state index contributed by atoms with van der Waals surface area (Å²) in [5.74, 6) is 0.478. The van der Waals surface area contributed by atoms with E-state index in [-0.39, 0.29) is 11.0 Å². The summed E-state index contributed by atoms with van der Waals surface area (Å²) in [4.78, 5) is 16.3. The van der Waals surface area contributed by atoms with Crippen LogP contribution in [0.15, 0.2) is 62.6 Å². The van der Waals surface area contributed by atoms with Gasteiger partial charge in [0.15, 0.2) is 5.78 Å². The molecule has 0 unspecified atom stereocenters. The van der Waals surface area contributed by atoms with E-state index in [2.05, 4.69) is 31.1 Å². The standard InChI is InChI=1S/C20H16BrN3O2S/c1-11-17(15-5-3-4-6-16(15)22-11)18(25)12(2)27-20-24-23-19(26-20)13-7-9-14(21)10-8-13/h3-10,12,22H,1-2H3/t12-/m0/s1. The van der Waals surface area contributed by atoms with Crippen molar-refractivity contribution in [1.29, 1.82) is 0 Å². The molecular weight excluding hydrogens is 426 g/mol. The summed E-state index contributed by atoms with van der Waals surface area (Å²) in [6, 6.07) is 15.4. The number of hydrogen-bond acceptors (Lipinski definition) is 5. The SMILES string of the molecule is Cc1[nH]c2ccccc2c1C(=O)[C@H](C)Sc1nnc(-c2ccc(Br)cc2)o1. The maximum Gasteiger partial charge on any atom is 0.277 e. The highest BCUT2D eigenvalue weighted by molar-refractivity contribution is 9.10. The van der Waals surface area contributed by atoms with Gasteiger partial charge in [0.25, 0.3) is 5.22 Å². The Kier molecular flexibility index (Phi) is 4.88. The predicted molar refractivity (Wildman–Crippen MR) is 110 cm³/mol. The fourth-order valence-corrected chi connectivity index (χ4v) is 3.98. The zero-order valence-corrected chi connectivity index (χ0v) is 17.1. The highest BCUT2D eigenvalue weighted by Crippen LogP contribution is 2.31. The number of aromatic amines is 1. The normalized spacial score (nSPS) is 12.4. The third-order valence-corrected chi connectivity index (χ3v) is 5.75. The molecule has 0 radical (unpaired) electrons. The monoisotopic (exact) mass is 441 g/mol. The van der Waals surface area contributed by atoms with Gasteiger partial charge in [-0.2, -0.15) is 0 Å².